The standard InChI is InChI=1S/C23H26NOP/c1-19(24(2)3)23(20-13-7-4-8-14-20)25-26(21-15-9-5-10-16-21)22-17-11-6-12-18-22/h4-19,23H,1-3H3/t19-,23+/m0/s1. The van der Waals surface area contributed by atoms with E-state index in [9.17, 15) is 0 Å². The van der Waals surface area contributed by atoms with Gasteiger partial charge in [-0.05, 0) is 26.6 Å². The van der Waals surface area contributed by atoms with Crippen LogP contribution in [0.15, 0.2) is 91.0 Å². The van der Waals surface area contributed by atoms with Gasteiger partial charge in [0.1, 0.15) is 6.10 Å². The van der Waals surface area contributed by atoms with Crippen molar-refractivity contribution in [2.75, 3.05) is 14.1 Å². The molecular formula is C23H26NOP. The van der Waals surface area contributed by atoms with Crippen molar-refractivity contribution in [3.8, 4) is 0 Å². The van der Waals surface area contributed by atoms with Crippen molar-refractivity contribution in [2.45, 2.75) is 19.1 Å². The zero-order valence-electron chi connectivity index (χ0n) is 15.6. The molecule has 0 aromatic heterocycles. The summed E-state index contributed by atoms with van der Waals surface area (Å²) in [6, 6.07) is 31.9. The third kappa shape index (κ3) is 4.59. The zero-order valence-corrected chi connectivity index (χ0v) is 16.5. The molecule has 3 aromatic carbocycles. The van der Waals surface area contributed by atoms with Crippen LogP contribution in [0.3, 0.4) is 0 Å². The van der Waals surface area contributed by atoms with E-state index >= 15 is 0 Å². The van der Waals surface area contributed by atoms with Gasteiger partial charge in [-0.2, -0.15) is 0 Å². The Bertz CT molecular complexity index is 738. The van der Waals surface area contributed by atoms with Crippen LogP contribution in [0.4, 0.5) is 0 Å². The highest BCUT2D eigenvalue weighted by molar-refractivity contribution is 7.68. The van der Waals surface area contributed by atoms with Crippen LogP contribution in [0.1, 0.15) is 18.6 Å². The van der Waals surface area contributed by atoms with Crippen molar-refractivity contribution < 1.29 is 4.52 Å². The molecule has 0 bridgehead atoms. The monoisotopic (exact) mass is 363 g/mol. The molecule has 134 valence electrons. The summed E-state index contributed by atoms with van der Waals surface area (Å²) in [6.07, 6.45) is -0.00211. The molecule has 0 N–H and O–H groups in total. The Hall–Kier alpha value is -1.99. The van der Waals surface area contributed by atoms with Gasteiger partial charge < -0.3 is 9.42 Å². The van der Waals surface area contributed by atoms with Crippen LogP contribution in [0.2, 0.25) is 0 Å². The maximum atomic E-state index is 6.86. The largest absolute Gasteiger partial charge is 0.340 e. The quantitative estimate of drug-likeness (QED) is 0.562. The van der Waals surface area contributed by atoms with Gasteiger partial charge in [0.15, 0.2) is 0 Å². The Morgan fingerprint density at radius 3 is 1.54 bits per heavy atom. The van der Waals surface area contributed by atoms with Gasteiger partial charge in [0.2, 0.25) is 0 Å². The predicted molar refractivity (Wildman–Crippen MR) is 112 cm³/mol. The minimum absolute atomic E-state index is 0.00211. The van der Waals surface area contributed by atoms with E-state index < -0.39 is 8.15 Å². The fourth-order valence-electron chi connectivity index (χ4n) is 2.85. The number of hydrogen-bond acceptors (Lipinski definition) is 2. The highest BCUT2D eigenvalue weighted by atomic mass is 31.1. The molecule has 0 heterocycles. The summed E-state index contributed by atoms with van der Waals surface area (Å²) < 4.78 is 6.86. The molecule has 0 radical (unpaired) electrons. The van der Waals surface area contributed by atoms with Gasteiger partial charge in [0.05, 0.1) is 8.15 Å². The minimum atomic E-state index is -0.898. The van der Waals surface area contributed by atoms with Gasteiger partial charge in [-0.3, -0.25) is 0 Å². The molecule has 0 unspecified atom stereocenters. The highest BCUT2D eigenvalue weighted by Crippen LogP contribution is 2.42. The van der Waals surface area contributed by atoms with Crippen LogP contribution in [0.25, 0.3) is 0 Å². The number of rotatable bonds is 7. The van der Waals surface area contributed by atoms with E-state index in [0.717, 1.165) is 0 Å². The normalized spacial score (nSPS) is 13.7. The van der Waals surface area contributed by atoms with Crippen LogP contribution < -0.4 is 10.6 Å². The smallest absolute Gasteiger partial charge is 0.103 e. The van der Waals surface area contributed by atoms with Gasteiger partial charge in [0, 0.05) is 16.7 Å². The van der Waals surface area contributed by atoms with Crippen LogP contribution >= 0.6 is 8.15 Å². The highest BCUT2D eigenvalue weighted by Gasteiger charge is 2.27. The van der Waals surface area contributed by atoms with Gasteiger partial charge in [-0.1, -0.05) is 91.0 Å². The summed E-state index contributed by atoms with van der Waals surface area (Å²) in [6.45, 7) is 2.22. The molecule has 2 atom stereocenters. The summed E-state index contributed by atoms with van der Waals surface area (Å²) in [5, 5.41) is 2.47. The van der Waals surface area contributed by atoms with Crippen molar-refractivity contribution in [3.05, 3.63) is 96.6 Å². The summed E-state index contributed by atoms with van der Waals surface area (Å²) in [5.74, 6) is 0. The first-order chi connectivity index (χ1) is 12.7. The van der Waals surface area contributed by atoms with E-state index in [1.807, 2.05) is 0 Å². The Kier molecular flexibility index (Phi) is 6.57. The SMILES string of the molecule is C[C@@H]([C@@H](OP(c1ccccc1)c1ccccc1)c1ccccc1)N(C)C. The van der Waals surface area contributed by atoms with Crippen LogP contribution in [-0.4, -0.2) is 25.0 Å². The number of hydrogen-bond donors (Lipinski definition) is 0. The van der Waals surface area contributed by atoms with Crippen LogP contribution in [0, 0.1) is 0 Å². The number of nitrogens with zero attached hydrogens (tertiary/aromatic N) is 1. The molecule has 0 amide bonds. The van der Waals surface area contributed by atoms with Gasteiger partial charge in [-0.25, -0.2) is 0 Å². The van der Waals surface area contributed by atoms with Gasteiger partial charge >= 0.3 is 0 Å². The lowest BCUT2D eigenvalue weighted by Gasteiger charge is -2.33. The third-order valence-corrected chi connectivity index (χ3v) is 6.55. The second-order valence-corrected chi connectivity index (χ2v) is 8.44. The maximum Gasteiger partial charge on any atom is 0.103 e. The molecule has 3 heteroatoms. The summed E-state index contributed by atoms with van der Waals surface area (Å²) in [5.41, 5.74) is 1.22. The lowest BCUT2D eigenvalue weighted by Crippen LogP contribution is -2.33. The molecule has 0 saturated carbocycles. The number of benzene rings is 3. The fraction of sp³-hybridized carbons (Fsp3) is 0.217. The molecule has 0 spiro atoms. The zero-order chi connectivity index (χ0) is 18.4. The van der Waals surface area contributed by atoms with Gasteiger partial charge in [0.25, 0.3) is 0 Å². The predicted octanol–water partition coefficient (Wildman–Crippen LogP) is 4.74. The van der Waals surface area contributed by atoms with Crippen LogP contribution in [0.5, 0.6) is 0 Å². The van der Waals surface area contributed by atoms with Crippen molar-refractivity contribution in [1.29, 1.82) is 0 Å². The van der Waals surface area contributed by atoms with E-state index in [4.69, 9.17) is 4.52 Å². The van der Waals surface area contributed by atoms with Crippen LogP contribution in [-0.2, 0) is 4.52 Å². The van der Waals surface area contributed by atoms with E-state index in [2.05, 4.69) is 117 Å². The molecule has 2 nitrogen and oxygen atoms in total. The third-order valence-electron chi connectivity index (χ3n) is 4.58. The molecular weight excluding hydrogens is 337 g/mol. The second kappa shape index (κ2) is 9.09. The molecule has 3 aromatic rings. The molecule has 0 saturated heterocycles. The topological polar surface area (TPSA) is 12.5 Å². The first-order valence-electron chi connectivity index (χ1n) is 8.95. The van der Waals surface area contributed by atoms with E-state index in [-0.39, 0.29) is 12.1 Å². The molecule has 0 aliphatic heterocycles. The van der Waals surface area contributed by atoms with Crippen molar-refractivity contribution >= 4 is 18.8 Å². The minimum Gasteiger partial charge on any atom is -0.340 e. The maximum absolute atomic E-state index is 6.86. The second-order valence-electron chi connectivity index (χ2n) is 6.61. The Labute approximate surface area is 158 Å². The Balaban J connectivity index is 1.99. The molecule has 0 fully saturated rings. The summed E-state index contributed by atoms with van der Waals surface area (Å²) in [7, 11) is 3.32. The lowest BCUT2D eigenvalue weighted by molar-refractivity contribution is 0.123. The summed E-state index contributed by atoms with van der Waals surface area (Å²) >= 11 is 0. The average Bonchev–Trinajstić information content (AvgIpc) is 2.70. The lowest BCUT2D eigenvalue weighted by atomic mass is 10.0. The van der Waals surface area contributed by atoms with Crippen molar-refractivity contribution in [1.82, 2.24) is 4.90 Å². The molecule has 26 heavy (non-hydrogen) atoms. The first-order valence-corrected chi connectivity index (χ1v) is 10.2. The average molecular weight is 363 g/mol. The fourth-order valence-corrected chi connectivity index (χ4v) is 4.80. The Morgan fingerprint density at radius 1 is 0.692 bits per heavy atom. The molecule has 0 aliphatic rings. The molecule has 0 aliphatic carbocycles. The van der Waals surface area contributed by atoms with Crippen molar-refractivity contribution in [2.24, 2.45) is 0 Å². The summed E-state index contributed by atoms with van der Waals surface area (Å²) in [4.78, 5) is 2.22. The first kappa shape index (κ1) is 18.8. The van der Waals surface area contributed by atoms with Gasteiger partial charge in [-0.15, -0.1) is 0 Å². The van der Waals surface area contributed by atoms with E-state index in [1.54, 1.807) is 0 Å². The van der Waals surface area contributed by atoms with E-state index in [0.29, 0.717) is 0 Å². The number of likely N-dealkylation sites (N-methyl/N-ethyl adjacent to an activating group) is 1. The molecule has 3 rings (SSSR count). The Morgan fingerprint density at radius 2 is 1.12 bits per heavy atom. The van der Waals surface area contributed by atoms with Crippen molar-refractivity contribution in [3.63, 3.8) is 0 Å². The van der Waals surface area contributed by atoms with E-state index in [1.165, 1.54) is 16.2 Å².